The minimum Gasteiger partial charge on any atom is -0.369 e. The summed E-state index contributed by atoms with van der Waals surface area (Å²) in [5.74, 6) is -1.07. The maximum atomic E-state index is 13.2. The van der Waals surface area contributed by atoms with E-state index in [1.807, 2.05) is 45.0 Å². The lowest BCUT2D eigenvalue weighted by Crippen LogP contribution is -2.52. The number of nitrogens with zero attached hydrogens (tertiary/aromatic N) is 3. The van der Waals surface area contributed by atoms with Gasteiger partial charge in [0.05, 0.1) is 12.6 Å². The van der Waals surface area contributed by atoms with Crippen LogP contribution in [0.15, 0.2) is 24.3 Å². The monoisotopic (exact) mass is 568 g/mol. The predicted molar refractivity (Wildman–Crippen MR) is 155 cm³/mol. The average Bonchev–Trinajstić information content (AvgIpc) is 3.53. The highest BCUT2D eigenvalue weighted by atomic mass is 16.2. The maximum Gasteiger partial charge on any atom is 0.251 e. The zero-order chi connectivity index (χ0) is 29.7. The number of piperazine rings is 1. The molecule has 0 radical (unpaired) electrons. The third-order valence-electron chi connectivity index (χ3n) is 8.37. The van der Waals surface area contributed by atoms with Crippen molar-refractivity contribution in [3.8, 4) is 0 Å². The molecule has 0 spiro atoms. The molecule has 4 rings (SSSR count). The zero-order valence-electron chi connectivity index (χ0n) is 24.7. The molecule has 41 heavy (non-hydrogen) atoms. The standard InChI is InChI=1S/C30H44N6O5/c1-19(2)27(33-21(4)37)30(41)36-18-25(38)28-24(36)10-14-35(28)26(39)17-20(3)9-11-32-29(40)22-5-7-23(8-6-22)34-15-12-31-13-16-34/h5-8,19-20,24,27-28,31H,9-18H2,1-4H3,(H,32,40)(H,33,37). The molecule has 3 aliphatic heterocycles. The van der Waals surface area contributed by atoms with Gasteiger partial charge in [0, 0.05) is 63.9 Å². The van der Waals surface area contributed by atoms with Crippen LogP contribution in [0.5, 0.6) is 0 Å². The Kier molecular flexibility index (Phi) is 10.0. The number of ketones is 1. The molecule has 4 amide bonds. The molecule has 1 aromatic carbocycles. The molecule has 3 heterocycles. The molecule has 0 aliphatic carbocycles. The summed E-state index contributed by atoms with van der Waals surface area (Å²) in [4.78, 5) is 69.1. The molecular weight excluding hydrogens is 524 g/mol. The van der Waals surface area contributed by atoms with Crippen LogP contribution in [0, 0.1) is 11.8 Å². The normalized spacial score (nSPS) is 22.0. The van der Waals surface area contributed by atoms with E-state index in [1.165, 1.54) is 6.92 Å². The first-order chi connectivity index (χ1) is 19.6. The fraction of sp³-hybridized carbons (Fsp3) is 0.633. The molecule has 0 bridgehead atoms. The summed E-state index contributed by atoms with van der Waals surface area (Å²) in [5, 5.41) is 8.99. The van der Waals surface area contributed by atoms with Crippen LogP contribution in [-0.4, -0.2) is 103 Å². The van der Waals surface area contributed by atoms with Gasteiger partial charge in [-0.25, -0.2) is 0 Å². The summed E-state index contributed by atoms with van der Waals surface area (Å²) in [6, 6.07) is 5.95. The summed E-state index contributed by atoms with van der Waals surface area (Å²) in [5.41, 5.74) is 1.72. The predicted octanol–water partition coefficient (Wildman–Crippen LogP) is 0.784. The first-order valence-electron chi connectivity index (χ1n) is 14.8. The van der Waals surface area contributed by atoms with Gasteiger partial charge in [-0.15, -0.1) is 0 Å². The number of Topliss-reactive ketones (excluding diaryl/α,β-unsaturated/α-hetero) is 1. The number of likely N-dealkylation sites (tertiary alicyclic amines) is 2. The zero-order valence-corrected chi connectivity index (χ0v) is 24.7. The van der Waals surface area contributed by atoms with Crippen LogP contribution in [-0.2, 0) is 19.2 Å². The second-order valence-corrected chi connectivity index (χ2v) is 11.9. The van der Waals surface area contributed by atoms with Gasteiger partial charge in [0.1, 0.15) is 12.1 Å². The smallest absolute Gasteiger partial charge is 0.251 e. The number of nitrogens with one attached hydrogen (secondary N) is 3. The van der Waals surface area contributed by atoms with Crippen molar-refractivity contribution in [1.29, 1.82) is 0 Å². The molecule has 3 aliphatic rings. The van der Waals surface area contributed by atoms with Crippen LogP contribution in [0.3, 0.4) is 0 Å². The molecule has 11 nitrogen and oxygen atoms in total. The highest BCUT2D eigenvalue weighted by Crippen LogP contribution is 2.32. The Hall–Kier alpha value is -3.47. The Balaban J connectivity index is 1.24. The molecule has 0 saturated carbocycles. The Labute approximate surface area is 242 Å². The van der Waals surface area contributed by atoms with Crippen molar-refractivity contribution in [1.82, 2.24) is 25.8 Å². The van der Waals surface area contributed by atoms with Crippen molar-refractivity contribution >= 4 is 35.1 Å². The first-order valence-corrected chi connectivity index (χ1v) is 14.8. The van der Waals surface area contributed by atoms with Gasteiger partial charge in [-0.1, -0.05) is 20.8 Å². The van der Waals surface area contributed by atoms with Gasteiger partial charge in [0.25, 0.3) is 5.91 Å². The number of rotatable bonds is 10. The van der Waals surface area contributed by atoms with Crippen LogP contribution in [0.4, 0.5) is 5.69 Å². The van der Waals surface area contributed by atoms with Crippen molar-refractivity contribution < 1.29 is 24.0 Å². The van der Waals surface area contributed by atoms with E-state index >= 15 is 0 Å². The van der Waals surface area contributed by atoms with E-state index in [0.29, 0.717) is 31.5 Å². The second-order valence-electron chi connectivity index (χ2n) is 11.9. The molecule has 3 N–H and O–H groups in total. The molecule has 1 aromatic rings. The average molecular weight is 569 g/mol. The highest BCUT2D eigenvalue weighted by molar-refractivity contribution is 5.99. The molecule has 4 unspecified atom stereocenters. The fourth-order valence-electron chi connectivity index (χ4n) is 6.10. The molecule has 4 atom stereocenters. The first kappa shape index (κ1) is 30.5. The number of fused-ring (bicyclic) bond motifs is 1. The van der Waals surface area contributed by atoms with E-state index in [1.54, 1.807) is 9.80 Å². The van der Waals surface area contributed by atoms with Crippen LogP contribution < -0.4 is 20.9 Å². The molecule has 11 heteroatoms. The lowest BCUT2D eigenvalue weighted by molar-refractivity contribution is -0.138. The van der Waals surface area contributed by atoms with Gasteiger partial charge in [0.2, 0.25) is 17.7 Å². The Morgan fingerprint density at radius 3 is 2.32 bits per heavy atom. The van der Waals surface area contributed by atoms with Gasteiger partial charge in [-0.05, 0) is 48.9 Å². The maximum absolute atomic E-state index is 13.2. The molecule has 224 valence electrons. The number of hydrogen-bond acceptors (Lipinski definition) is 7. The number of amides is 4. The van der Waals surface area contributed by atoms with Crippen molar-refractivity contribution in [3.05, 3.63) is 29.8 Å². The second kappa shape index (κ2) is 13.5. The lowest BCUT2D eigenvalue weighted by atomic mass is 10.0. The van der Waals surface area contributed by atoms with E-state index < -0.39 is 12.1 Å². The Morgan fingerprint density at radius 2 is 1.68 bits per heavy atom. The third-order valence-corrected chi connectivity index (χ3v) is 8.37. The van der Waals surface area contributed by atoms with Crippen molar-refractivity contribution in [2.24, 2.45) is 11.8 Å². The van der Waals surface area contributed by atoms with Crippen LogP contribution in [0.25, 0.3) is 0 Å². The van der Waals surface area contributed by atoms with E-state index in [4.69, 9.17) is 0 Å². The molecule has 0 aromatic heterocycles. The van der Waals surface area contributed by atoms with E-state index in [9.17, 15) is 24.0 Å². The lowest BCUT2D eigenvalue weighted by Gasteiger charge is -2.30. The summed E-state index contributed by atoms with van der Waals surface area (Å²) >= 11 is 0. The number of benzene rings is 1. The van der Waals surface area contributed by atoms with Crippen LogP contribution in [0.1, 0.15) is 57.3 Å². The topological polar surface area (TPSA) is 131 Å². The van der Waals surface area contributed by atoms with Crippen molar-refractivity contribution in [3.63, 3.8) is 0 Å². The molecule has 3 saturated heterocycles. The van der Waals surface area contributed by atoms with Crippen LogP contribution in [0.2, 0.25) is 0 Å². The van der Waals surface area contributed by atoms with Gasteiger partial charge in [0.15, 0.2) is 5.78 Å². The summed E-state index contributed by atoms with van der Waals surface area (Å²) in [7, 11) is 0. The minimum atomic E-state index is -0.704. The van der Waals surface area contributed by atoms with Gasteiger partial charge in [-0.2, -0.15) is 0 Å². The minimum absolute atomic E-state index is 0.0104. The quantitative estimate of drug-likeness (QED) is 0.380. The van der Waals surface area contributed by atoms with Gasteiger partial charge < -0.3 is 30.7 Å². The third kappa shape index (κ3) is 7.25. The summed E-state index contributed by atoms with van der Waals surface area (Å²) in [6.45, 7) is 11.7. The largest absolute Gasteiger partial charge is 0.369 e. The summed E-state index contributed by atoms with van der Waals surface area (Å²) < 4.78 is 0. The van der Waals surface area contributed by atoms with Crippen molar-refractivity contribution in [2.75, 3.05) is 50.7 Å². The molecule has 3 fully saturated rings. The SMILES string of the molecule is CC(=O)NC(C(=O)N1CC(=O)C2C1CCN2C(=O)CC(C)CCNC(=O)c1ccc(N2CCNCC2)cc1)C(C)C. The van der Waals surface area contributed by atoms with E-state index in [0.717, 1.165) is 31.9 Å². The Morgan fingerprint density at radius 1 is 1.00 bits per heavy atom. The molecular formula is C30H44N6O5. The van der Waals surface area contributed by atoms with Crippen molar-refractivity contribution in [2.45, 2.75) is 65.1 Å². The van der Waals surface area contributed by atoms with E-state index in [-0.39, 0.29) is 60.3 Å². The highest BCUT2D eigenvalue weighted by Gasteiger charge is 2.52. The number of carbonyl (C=O) groups excluding carboxylic acids is 5. The fourth-order valence-corrected chi connectivity index (χ4v) is 6.10. The van der Waals surface area contributed by atoms with Gasteiger partial charge in [-0.3, -0.25) is 24.0 Å². The Bertz CT molecular complexity index is 1130. The van der Waals surface area contributed by atoms with E-state index in [2.05, 4.69) is 20.9 Å². The van der Waals surface area contributed by atoms with Gasteiger partial charge >= 0.3 is 0 Å². The summed E-state index contributed by atoms with van der Waals surface area (Å²) in [6.07, 6.45) is 1.43. The number of hydrogen-bond donors (Lipinski definition) is 3. The number of anilines is 1. The van der Waals surface area contributed by atoms with Crippen LogP contribution >= 0.6 is 0 Å². The number of carbonyl (C=O) groups is 5.